The Morgan fingerprint density at radius 3 is 2.41 bits per heavy atom. The number of nitrogens with zero attached hydrogens (tertiary/aromatic N) is 8. The SMILES string of the molecule is Cc1cc(C)n(-c2nc3c(c(=O)n2-c2ncc(O[C@H]4C[C@@H](N(C)C)C4)cn2)CC(C)N(C(=O)c2ccc(Br)c(C(F)(F)F)c2)C3)n1. The second-order valence-corrected chi connectivity index (χ2v) is 12.9. The molecule has 1 amide bonds. The van der Waals surface area contributed by atoms with E-state index in [4.69, 9.17) is 9.72 Å². The van der Waals surface area contributed by atoms with Crippen LogP contribution in [0, 0.1) is 13.8 Å². The van der Waals surface area contributed by atoms with Crippen LogP contribution in [0.25, 0.3) is 11.9 Å². The molecule has 1 fully saturated rings. The summed E-state index contributed by atoms with van der Waals surface area (Å²) in [5.41, 5.74) is 0.593. The number of aromatic nitrogens is 6. The smallest absolute Gasteiger partial charge is 0.417 e. The minimum atomic E-state index is -4.64. The minimum Gasteiger partial charge on any atom is -0.487 e. The molecule has 4 heterocycles. The van der Waals surface area contributed by atoms with Crippen molar-refractivity contribution in [3.63, 3.8) is 0 Å². The summed E-state index contributed by atoms with van der Waals surface area (Å²) in [7, 11) is 4.07. The monoisotopic (exact) mass is 700 g/mol. The fourth-order valence-corrected chi connectivity index (χ4v) is 6.32. The molecule has 242 valence electrons. The van der Waals surface area contributed by atoms with Gasteiger partial charge >= 0.3 is 6.18 Å². The van der Waals surface area contributed by atoms with Crippen molar-refractivity contribution in [2.75, 3.05) is 14.1 Å². The van der Waals surface area contributed by atoms with Gasteiger partial charge in [0.25, 0.3) is 11.5 Å². The number of carbonyl (C=O) groups is 1. The van der Waals surface area contributed by atoms with Crippen LogP contribution >= 0.6 is 15.9 Å². The fourth-order valence-electron chi connectivity index (χ4n) is 5.85. The highest BCUT2D eigenvalue weighted by molar-refractivity contribution is 9.10. The molecule has 1 aromatic carbocycles. The van der Waals surface area contributed by atoms with Crippen molar-refractivity contribution in [2.24, 2.45) is 0 Å². The van der Waals surface area contributed by atoms with Crippen molar-refractivity contribution in [1.82, 2.24) is 39.1 Å². The lowest BCUT2D eigenvalue weighted by Gasteiger charge is -2.39. The third kappa shape index (κ3) is 5.93. The van der Waals surface area contributed by atoms with Gasteiger partial charge in [-0.25, -0.2) is 24.2 Å². The zero-order valence-corrected chi connectivity index (χ0v) is 27.4. The van der Waals surface area contributed by atoms with Crippen molar-refractivity contribution in [3.05, 3.63) is 85.3 Å². The summed E-state index contributed by atoms with van der Waals surface area (Å²) in [5.74, 6) is 0.0931. The summed E-state index contributed by atoms with van der Waals surface area (Å²) in [5, 5.41) is 4.53. The molecular formula is C31H32BrF3N8O3. The normalized spacial score (nSPS) is 19.6. The molecule has 15 heteroatoms. The third-order valence-corrected chi connectivity index (χ3v) is 9.18. The van der Waals surface area contributed by atoms with Gasteiger partial charge in [-0.05, 0) is 78.4 Å². The number of hydrogen-bond donors (Lipinski definition) is 0. The van der Waals surface area contributed by atoms with Crippen LogP contribution in [0.2, 0.25) is 0 Å². The molecule has 0 saturated heterocycles. The molecule has 2 aliphatic rings. The number of amides is 1. The fraction of sp³-hybridized carbons (Fsp3) is 0.419. The molecular weight excluding hydrogens is 669 g/mol. The Bertz CT molecular complexity index is 1870. The second-order valence-electron chi connectivity index (χ2n) is 12.0. The lowest BCUT2D eigenvalue weighted by atomic mass is 9.88. The number of benzene rings is 1. The van der Waals surface area contributed by atoms with Crippen LogP contribution in [0.5, 0.6) is 5.75 Å². The summed E-state index contributed by atoms with van der Waals surface area (Å²) < 4.78 is 49.4. The van der Waals surface area contributed by atoms with Crippen molar-refractivity contribution in [1.29, 1.82) is 0 Å². The average Bonchev–Trinajstić information content (AvgIpc) is 3.31. The first-order chi connectivity index (χ1) is 21.7. The zero-order valence-electron chi connectivity index (χ0n) is 25.8. The van der Waals surface area contributed by atoms with Gasteiger partial charge in [0.1, 0.15) is 6.10 Å². The first-order valence-electron chi connectivity index (χ1n) is 14.7. The largest absolute Gasteiger partial charge is 0.487 e. The molecule has 1 unspecified atom stereocenters. The maximum Gasteiger partial charge on any atom is 0.417 e. The Labute approximate surface area is 271 Å². The minimum absolute atomic E-state index is 0.0600. The molecule has 0 N–H and O–H groups in total. The van der Waals surface area contributed by atoms with Crippen LogP contribution < -0.4 is 10.3 Å². The van der Waals surface area contributed by atoms with Gasteiger partial charge in [-0.2, -0.15) is 18.3 Å². The number of ether oxygens (including phenoxy) is 1. The number of aryl methyl sites for hydroxylation is 2. The number of hydrogen-bond acceptors (Lipinski definition) is 8. The van der Waals surface area contributed by atoms with Crippen molar-refractivity contribution >= 4 is 21.8 Å². The first-order valence-corrected chi connectivity index (χ1v) is 15.5. The predicted molar refractivity (Wildman–Crippen MR) is 165 cm³/mol. The standard InChI is InChI=1S/C31H32BrF3N8O3/c1-16-8-18(3)43(39-16)30-38-26-15-41(27(44)19-6-7-25(32)24(10-19)31(33,34)35)17(2)9-23(26)28(45)42(30)29-36-13-22(14-37-29)46-21-11-20(12-21)40(4)5/h6-8,10,13-14,17,20-21H,9,11-12,15H2,1-5H3/t17?,20-,21+. The van der Waals surface area contributed by atoms with Crippen molar-refractivity contribution in [3.8, 4) is 17.6 Å². The summed E-state index contributed by atoms with van der Waals surface area (Å²) in [6.07, 6.45) is 0.391. The number of rotatable bonds is 6. The Morgan fingerprint density at radius 1 is 1.11 bits per heavy atom. The van der Waals surface area contributed by atoms with E-state index in [1.165, 1.54) is 38.7 Å². The number of halogens is 4. The highest BCUT2D eigenvalue weighted by atomic mass is 79.9. The molecule has 0 bridgehead atoms. The van der Waals surface area contributed by atoms with Gasteiger partial charge in [0, 0.05) is 33.4 Å². The van der Waals surface area contributed by atoms with Gasteiger partial charge in [0.15, 0.2) is 5.75 Å². The molecule has 11 nitrogen and oxygen atoms in total. The van der Waals surface area contributed by atoms with E-state index in [1.807, 2.05) is 34.0 Å². The maximum atomic E-state index is 14.2. The van der Waals surface area contributed by atoms with Gasteiger partial charge < -0.3 is 14.5 Å². The van der Waals surface area contributed by atoms with E-state index in [2.05, 4.69) is 35.9 Å². The Hall–Kier alpha value is -4.11. The van der Waals surface area contributed by atoms with E-state index in [-0.39, 0.29) is 41.0 Å². The molecule has 1 aliphatic carbocycles. The number of alkyl halides is 3. The molecule has 46 heavy (non-hydrogen) atoms. The first kappa shape index (κ1) is 31.9. The molecule has 6 rings (SSSR count). The van der Waals surface area contributed by atoms with Crippen LogP contribution in [0.1, 0.15) is 58.3 Å². The Balaban J connectivity index is 1.36. The quantitative estimate of drug-likeness (QED) is 0.286. The van der Waals surface area contributed by atoms with Crippen molar-refractivity contribution < 1.29 is 22.7 Å². The van der Waals surface area contributed by atoms with Crippen LogP contribution in [-0.4, -0.2) is 77.3 Å². The predicted octanol–water partition coefficient (Wildman–Crippen LogP) is 4.66. The number of carbonyl (C=O) groups excluding carboxylic acids is 1. The van der Waals surface area contributed by atoms with E-state index in [0.29, 0.717) is 34.4 Å². The van der Waals surface area contributed by atoms with Gasteiger partial charge in [-0.15, -0.1) is 0 Å². The van der Waals surface area contributed by atoms with Gasteiger partial charge in [0.05, 0.1) is 35.9 Å². The van der Waals surface area contributed by atoms with E-state index in [0.717, 1.165) is 18.9 Å². The van der Waals surface area contributed by atoms with Gasteiger partial charge in [-0.1, -0.05) is 15.9 Å². The highest BCUT2D eigenvalue weighted by Gasteiger charge is 2.37. The third-order valence-electron chi connectivity index (χ3n) is 8.49. The van der Waals surface area contributed by atoms with Crippen LogP contribution in [0.3, 0.4) is 0 Å². The maximum absolute atomic E-state index is 14.2. The van der Waals surface area contributed by atoms with E-state index in [9.17, 15) is 22.8 Å². The van der Waals surface area contributed by atoms with Crippen LogP contribution in [0.4, 0.5) is 13.2 Å². The van der Waals surface area contributed by atoms with Crippen LogP contribution in [-0.2, 0) is 19.1 Å². The number of fused-ring (bicyclic) bond motifs is 1. The van der Waals surface area contributed by atoms with Gasteiger partial charge in [-0.3, -0.25) is 9.59 Å². The van der Waals surface area contributed by atoms with Crippen LogP contribution in [0.15, 0.2) is 45.9 Å². The molecule has 0 radical (unpaired) electrons. The van der Waals surface area contributed by atoms with E-state index in [1.54, 1.807) is 6.92 Å². The second kappa shape index (κ2) is 11.9. The highest BCUT2D eigenvalue weighted by Crippen LogP contribution is 2.36. The topological polar surface area (TPSA) is 111 Å². The molecule has 3 aromatic heterocycles. The lowest BCUT2D eigenvalue weighted by molar-refractivity contribution is -0.138. The average molecular weight is 702 g/mol. The molecule has 1 atom stereocenters. The molecule has 0 spiro atoms. The summed E-state index contributed by atoms with van der Waals surface area (Å²) in [6.45, 7) is 5.28. The van der Waals surface area contributed by atoms with E-state index < -0.39 is 29.2 Å². The summed E-state index contributed by atoms with van der Waals surface area (Å²) in [6, 6.07) is 5.17. The zero-order chi connectivity index (χ0) is 33.1. The summed E-state index contributed by atoms with van der Waals surface area (Å²) in [4.78, 5) is 45.0. The Kier molecular flexibility index (Phi) is 8.25. The molecule has 4 aromatic rings. The lowest BCUT2D eigenvalue weighted by Crippen LogP contribution is -2.46. The van der Waals surface area contributed by atoms with Gasteiger partial charge in [0.2, 0.25) is 11.9 Å². The molecule has 1 saturated carbocycles. The molecule has 1 aliphatic heterocycles. The van der Waals surface area contributed by atoms with Crippen molar-refractivity contribution in [2.45, 2.75) is 70.9 Å². The Morgan fingerprint density at radius 2 is 1.80 bits per heavy atom. The summed E-state index contributed by atoms with van der Waals surface area (Å²) >= 11 is 2.92. The van der Waals surface area contributed by atoms with E-state index >= 15 is 0 Å².